The summed E-state index contributed by atoms with van der Waals surface area (Å²) in [5.41, 5.74) is -0.509. The highest BCUT2D eigenvalue weighted by Gasteiger charge is 2.17. The predicted octanol–water partition coefficient (Wildman–Crippen LogP) is 2.30. The number of rotatable bonds is 5. The minimum absolute atomic E-state index is 0.0211. The molecular weight excluding hydrogens is 276 g/mol. The fourth-order valence-corrected chi connectivity index (χ4v) is 3.12. The van der Waals surface area contributed by atoms with E-state index in [-0.39, 0.29) is 12.3 Å². The van der Waals surface area contributed by atoms with Crippen molar-refractivity contribution in [2.24, 2.45) is 0 Å². The zero-order valence-electron chi connectivity index (χ0n) is 12.7. The van der Waals surface area contributed by atoms with Crippen LogP contribution < -0.4 is 10.6 Å². The number of carbonyl (C=O) groups excluding carboxylic acids is 2. The van der Waals surface area contributed by atoms with E-state index in [1.807, 2.05) is 11.8 Å². The van der Waals surface area contributed by atoms with Crippen molar-refractivity contribution < 1.29 is 14.3 Å². The van der Waals surface area contributed by atoms with Gasteiger partial charge in [0.25, 0.3) is 0 Å². The second-order valence-corrected chi connectivity index (χ2v) is 7.38. The molecule has 2 amide bonds. The summed E-state index contributed by atoms with van der Waals surface area (Å²) < 4.78 is 5.09. The van der Waals surface area contributed by atoms with Gasteiger partial charge >= 0.3 is 6.09 Å². The molecular formula is C14H26N2O3S. The summed E-state index contributed by atoms with van der Waals surface area (Å²) in [6.07, 6.45) is 3.54. The molecule has 1 heterocycles. The van der Waals surface area contributed by atoms with Crippen LogP contribution in [-0.4, -0.2) is 41.7 Å². The fraction of sp³-hybridized carbons (Fsp3) is 0.857. The molecule has 0 aromatic heterocycles. The lowest BCUT2D eigenvalue weighted by molar-refractivity contribution is -0.120. The van der Waals surface area contributed by atoms with Gasteiger partial charge in [-0.05, 0) is 39.4 Å². The number of ether oxygens (including phenoxy) is 1. The van der Waals surface area contributed by atoms with E-state index in [1.165, 1.54) is 25.0 Å². The highest BCUT2D eigenvalue weighted by Crippen LogP contribution is 2.24. The van der Waals surface area contributed by atoms with Crippen molar-refractivity contribution >= 4 is 23.8 Å². The van der Waals surface area contributed by atoms with Crippen LogP contribution in [0, 0.1) is 0 Å². The van der Waals surface area contributed by atoms with Crippen molar-refractivity contribution in [2.45, 2.75) is 57.3 Å². The van der Waals surface area contributed by atoms with Crippen molar-refractivity contribution in [1.29, 1.82) is 0 Å². The quantitative estimate of drug-likeness (QED) is 0.818. The maximum Gasteiger partial charge on any atom is 0.407 e. The second kappa shape index (κ2) is 8.39. The van der Waals surface area contributed by atoms with Crippen LogP contribution in [0.1, 0.15) is 46.5 Å². The molecule has 1 atom stereocenters. The first-order chi connectivity index (χ1) is 9.37. The monoisotopic (exact) mass is 302 g/mol. The van der Waals surface area contributed by atoms with Gasteiger partial charge in [-0.15, -0.1) is 0 Å². The molecule has 2 N–H and O–H groups in total. The lowest BCUT2D eigenvalue weighted by Crippen LogP contribution is -2.36. The molecule has 0 bridgehead atoms. The average molecular weight is 302 g/mol. The molecule has 0 saturated carbocycles. The van der Waals surface area contributed by atoms with Crippen LogP contribution in [0.2, 0.25) is 0 Å². The zero-order chi connectivity index (χ0) is 15.0. The van der Waals surface area contributed by atoms with E-state index in [4.69, 9.17) is 4.74 Å². The summed E-state index contributed by atoms with van der Waals surface area (Å²) >= 11 is 1.94. The molecule has 1 saturated heterocycles. The largest absolute Gasteiger partial charge is 0.444 e. The maximum absolute atomic E-state index is 11.6. The standard InChI is InChI=1S/C14H26N2O3S/c1-14(2,3)19-13(18)15-8-7-12(17)16-10-11-6-4-5-9-20-11/h11H,4-10H2,1-3H3,(H,15,18)(H,16,17). The van der Waals surface area contributed by atoms with Crippen LogP contribution in [0.3, 0.4) is 0 Å². The highest BCUT2D eigenvalue weighted by atomic mass is 32.2. The molecule has 0 aromatic rings. The van der Waals surface area contributed by atoms with Crippen LogP contribution in [-0.2, 0) is 9.53 Å². The first-order valence-corrected chi connectivity index (χ1v) is 8.27. The van der Waals surface area contributed by atoms with E-state index in [0.717, 1.165) is 6.54 Å². The molecule has 1 fully saturated rings. The number of hydrogen-bond donors (Lipinski definition) is 2. The van der Waals surface area contributed by atoms with Crippen molar-refractivity contribution in [2.75, 3.05) is 18.8 Å². The third-order valence-electron chi connectivity index (χ3n) is 2.82. The molecule has 0 aliphatic carbocycles. The van der Waals surface area contributed by atoms with Crippen LogP contribution in [0.5, 0.6) is 0 Å². The van der Waals surface area contributed by atoms with Gasteiger partial charge in [0, 0.05) is 24.8 Å². The van der Waals surface area contributed by atoms with Crippen LogP contribution in [0.25, 0.3) is 0 Å². The molecule has 20 heavy (non-hydrogen) atoms. The average Bonchev–Trinajstić information content (AvgIpc) is 2.35. The third kappa shape index (κ3) is 8.30. The van der Waals surface area contributed by atoms with E-state index in [2.05, 4.69) is 10.6 Å². The molecule has 1 unspecified atom stereocenters. The Morgan fingerprint density at radius 3 is 2.60 bits per heavy atom. The Balaban J connectivity index is 2.06. The number of nitrogens with one attached hydrogen (secondary N) is 2. The first-order valence-electron chi connectivity index (χ1n) is 7.22. The van der Waals surface area contributed by atoms with Gasteiger partial charge in [-0.1, -0.05) is 6.42 Å². The van der Waals surface area contributed by atoms with Gasteiger partial charge in [0.05, 0.1) is 0 Å². The van der Waals surface area contributed by atoms with Crippen LogP contribution in [0.4, 0.5) is 4.79 Å². The van der Waals surface area contributed by atoms with Crippen molar-refractivity contribution in [3.05, 3.63) is 0 Å². The molecule has 116 valence electrons. The number of carbonyl (C=O) groups is 2. The van der Waals surface area contributed by atoms with E-state index >= 15 is 0 Å². The normalized spacial score (nSPS) is 19.2. The second-order valence-electron chi connectivity index (χ2n) is 5.97. The number of alkyl carbamates (subject to hydrolysis) is 1. The summed E-state index contributed by atoms with van der Waals surface area (Å²) in [5.74, 6) is 1.17. The molecule has 0 aromatic carbocycles. The van der Waals surface area contributed by atoms with E-state index in [0.29, 0.717) is 11.8 Å². The Morgan fingerprint density at radius 2 is 2.00 bits per heavy atom. The Morgan fingerprint density at radius 1 is 1.25 bits per heavy atom. The SMILES string of the molecule is CC(C)(C)OC(=O)NCCC(=O)NCC1CCCCS1. The minimum atomic E-state index is -0.509. The molecule has 1 rings (SSSR count). The summed E-state index contributed by atoms with van der Waals surface area (Å²) in [5, 5.41) is 6.05. The summed E-state index contributed by atoms with van der Waals surface area (Å²) in [4.78, 5) is 23.0. The van der Waals surface area contributed by atoms with E-state index in [9.17, 15) is 9.59 Å². The first kappa shape index (κ1) is 17.1. The Kier molecular flexibility index (Phi) is 7.19. The lowest BCUT2D eigenvalue weighted by Gasteiger charge is -2.21. The molecule has 1 aliphatic rings. The van der Waals surface area contributed by atoms with Gasteiger partial charge in [0.2, 0.25) is 5.91 Å². The van der Waals surface area contributed by atoms with Crippen LogP contribution >= 0.6 is 11.8 Å². The zero-order valence-corrected chi connectivity index (χ0v) is 13.5. The number of thioether (sulfide) groups is 1. The smallest absolute Gasteiger partial charge is 0.407 e. The van der Waals surface area contributed by atoms with Crippen LogP contribution in [0.15, 0.2) is 0 Å². The topological polar surface area (TPSA) is 67.4 Å². The van der Waals surface area contributed by atoms with Gasteiger partial charge in [-0.25, -0.2) is 4.79 Å². The Labute approximate surface area is 125 Å². The molecule has 1 aliphatic heterocycles. The lowest BCUT2D eigenvalue weighted by atomic mass is 10.2. The van der Waals surface area contributed by atoms with Crippen molar-refractivity contribution in [1.82, 2.24) is 10.6 Å². The van der Waals surface area contributed by atoms with Gasteiger partial charge in [-0.2, -0.15) is 11.8 Å². The minimum Gasteiger partial charge on any atom is -0.444 e. The summed E-state index contributed by atoms with van der Waals surface area (Å²) in [7, 11) is 0. The molecule has 5 nitrogen and oxygen atoms in total. The van der Waals surface area contributed by atoms with E-state index in [1.54, 1.807) is 20.8 Å². The summed E-state index contributed by atoms with van der Waals surface area (Å²) in [6.45, 7) is 6.46. The third-order valence-corrected chi connectivity index (χ3v) is 4.22. The van der Waals surface area contributed by atoms with Gasteiger partial charge in [0.1, 0.15) is 5.60 Å². The summed E-state index contributed by atoms with van der Waals surface area (Å²) in [6, 6.07) is 0. The van der Waals surface area contributed by atoms with Crippen molar-refractivity contribution in [3.63, 3.8) is 0 Å². The van der Waals surface area contributed by atoms with Gasteiger partial charge in [0.15, 0.2) is 0 Å². The molecule has 6 heteroatoms. The maximum atomic E-state index is 11.6. The molecule has 0 spiro atoms. The highest BCUT2D eigenvalue weighted by molar-refractivity contribution is 7.99. The van der Waals surface area contributed by atoms with Gasteiger partial charge in [-0.3, -0.25) is 4.79 Å². The number of hydrogen-bond acceptors (Lipinski definition) is 4. The fourth-order valence-electron chi connectivity index (χ4n) is 1.88. The predicted molar refractivity (Wildman–Crippen MR) is 82.0 cm³/mol. The number of amides is 2. The van der Waals surface area contributed by atoms with Crippen molar-refractivity contribution in [3.8, 4) is 0 Å². The Bertz CT molecular complexity index is 323. The molecule has 0 radical (unpaired) electrons. The van der Waals surface area contributed by atoms with E-state index < -0.39 is 11.7 Å². The van der Waals surface area contributed by atoms with Gasteiger partial charge < -0.3 is 15.4 Å². The Hall–Kier alpha value is -0.910.